The van der Waals surface area contributed by atoms with E-state index in [-0.39, 0.29) is 17.8 Å². The van der Waals surface area contributed by atoms with Crippen LogP contribution < -0.4 is 0 Å². The second-order valence-electron chi connectivity index (χ2n) is 5.18. The Morgan fingerprint density at radius 2 is 2.08 bits per heavy atom. The first kappa shape index (κ1) is 7.34. The minimum atomic E-state index is -0.159. The highest BCUT2D eigenvalue weighted by atomic mass is 16.5. The van der Waals surface area contributed by atoms with Gasteiger partial charge >= 0.3 is 0 Å². The first-order valence-electron chi connectivity index (χ1n) is 4.95. The van der Waals surface area contributed by atoms with Gasteiger partial charge in [-0.25, -0.2) is 0 Å². The van der Waals surface area contributed by atoms with E-state index in [1.54, 1.807) is 0 Å². The van der Waals surface area contributed by atoms with Gasteiger partial charge in [-0.3, -0.25) is 0 Å². The fourth-order valence-electron chi connectivity index (χ4n) is 3.67. The van der Waals surface area contributed by atoms with Crippen LogP contribution in [0.4, 0.5) is 0 Å². The predicted molar refractivity (Wildman–Crippen MR) is 44.7 cm³/mol. The molecular weight excluding hydrogens is 152 g/mol. The van der Waals surface area contributed by atoms with Crippen LogP contribution in [0.25, 0.3) is 0 Å². The molecule has 1 saturated heterocycles. The molecule has 68 valence electrons. The lowest BCUT2D eigenvalue weighted by Crippen LogP contribution is -2.31. The van der Waals surface area contributed by atoms with Crippen LogP contribution in [0.1, 0.15) is 26.7 Å². The van der Waals surface area contributed by atoms with E-state index >= 15 is 0 Å². The molecule has 4 unspecified atom stereocenters. The van der Waals surface area contributed by atoms with Gasteiger partial charge in [0.25, 0.3) is 0 Å². The van der Waals surface area contributed by atoms with E-state index in [9.17, 15) is 5.11 Å². The Kier molecular flexibility index (Phi) is 1.15. The molecule has 2 heteroatoms. The maximum absolute atomic E-state index is 9.81. The number of hydrogen-bond acceptors (Lipinski definition) is 2. The van der Waals surface area contributed by atoms with Crippen molar-refractivity contribution >= 4 is 0 Å². The fourth-order valence-corrected chi connectivity index (χ4v) is 3.67. The molecule has 0 aromatic carbocycles. The van der Waals surface area contributed by atoms with E-state index < -0.39 is 0 Å². The third-order valence-corrected chi connectivity index (χ3v) is 4.22. The molecule has 2 bridgehead atoms. The number of hydrogen-bond donors (Lipinski definition) is 1. The van der Waals surface area contributed by atoms with Crippen LogP contribution in [0, 0.1) is 17.8 Å². The minimum absolute atomic E-state index is 0.0293. The number of aliphatic hydroxyl groups excluding tert-OH is 1. The van der Waals surface area contributed by atoms with Crippen LogP contribution >= 0.6 is 0 Å². The molecule has 1 aliphatic heterocycles. The highest BCUT2D eigenvalue weighted by molar-refractivity contribution is 5.11. The zero-order valence-corrected chi connectivity index (χ0v) is 7.66. The second-order valence-corrected chi connectivity index (χ2v) is 5.18. The summed E-state index contributed by atoms with van der Waals surface area (Å²) < 4.78 is 5.89. The van der Waals surface area contributed by atoms with Gasteiger partial charge in [-0.1, -0.05) is 0 Å². The van der Waals surface area contributed by atoms with E-state index in [4.69, 9.17) is 4.74 Å². The van der Waals surface area contributed by atoms with Crippen LogP contribution in [0.15, 0.2) is 0 Å². The molecule has 0 aromatic heterocycles. The first-order chi connectivity index (χ1) is 5.59. The molecule has 1 N–H and O–H groups in total. The van der Waals surface area contributed by atoms with Gasteiger partial charge in [0, 0.05) is 0 Å². The second kappa shape index (κ2) is 1.88. The van der Waals surface area contributed by atoms with Crippen molar-refractivity contribution in [3.63, 3.8) is 0 Å². The molecule has 1 heterocycles. The van der Waals surface area contributed by atoms with E-state index in [1.165, 1.54) is 12.8 Å². The summed E-state index contributed by atoms with van der Waals surface area (Å²) in [7, 11) is 0. The number of fused-ring (bicyclic) bond motifs is 1. The van der Waals surface area contributed by atoms with Crippen molar-refractivity contribution < 1.29 is 9.84 Å². The smallest absolute Gasteiger partial charge is 0.0875 e. The molecule has 12 heavy (non-hydrogen) atoms. The van der Waals surface area contributed by atoms with Gasteiger partial charge in [-0.05, 0) is 44.4 Å². The molecule has 5 atom stereocenters. The van der Waals surface area contributed by atoms with Gasteiger partial charge in [-0.15, -0.1) is 0 Å². The van der Waals surface area contributed by atoms with Crippen LogP contribution in [0.3, 0.4) is 0 Å². The quantitative estimate of drug-likeness (QED) is 0.588. The molecule has 2 nitrogen and oxygen atoms in total. The third kappa shape index (κ3) is 0.647. The summed E-state index contributed by atoms with van der Waals surface area (Å²) in [5.74, 6) is 1.93. The molecule has 3 aliphatic rings. The summed E-state index contributed by atoms with van der Waals surface area (Å²) in [5.41, 5.74) is 0.0293. The molecule has 0 amide bonds. The summed E-state index contributed by atoms with van der Waals surface area (Å²) in [4.78, 5) is 0. The Balaban J connectivity index is 2.00. The van der Waals surface area contributed by atoms with Gasteiger partial charge in [0.2, 0.25) is 0 Å². The molecule has 2 saturated carbocycles. The van der Waals surface area contributed by atoms with Crippen LogP contribution in [-0.2, 0) is 4.74 Å². The van der Waals surface area contributed by atoms with Crippen LogP contribution in [-0.4, -0.2) is 22.9 Å². The van der Waals surface area contributed by atoms with Crippen molar-refractivity contribution in [3.05, 3.63) is 0 Å². The summed E-state index contributed by atoms with van der Waals surface area (Å²) in [6, 6.07) is 0. The van der Waals surface area contributed by atoms with Gasteiger partial charge in [-0.2, -0.15) is 0 Å². The van der Waals surface area contributed by atoms with Crippen molar-refractivity contribution in [1.82, 2.24) is 0 Å². The first-order valence-corrected chi connectivity index (χ1v) is 4.95. The van der Waals surface area contributed by atoms with Gasteiger partial charge in [0.15, 0.2) is 0 Å². The van der Waals surface area contributed by atoms with Gasteiger partial charge in [0.1, 0.15) is 0 Å². The van der Waals surface area contributed by atoms with E-state index in [1.807, 2.05) is 0 Å². The Bertz CT molecular complexity index is 224. The predicted octanol–water partition coefficient (Wildman–Crippen LogP) is 1.18. The third-order valence-electron chi connectivity index (χ3n) is 4.22. The molecule has 2 aliphatic carbocycles. The zero-order valence-electron chi connectivity index (χ0n) is 7.66. The van der Waals surface area contributed by atoms with E-state index in [2.05, 4.69) is 13.8 Å². The Morgan fingerprint density at radius 3 is 2.67 bits per heavy atom. The highest BCUT2D eigenvalue weighted by Gasteiger charge is 2.63. The summed E-state index contributed by atoms with van der Waals surface area (Å²) in [6.07, 6.45) is 2.41. The topological polar surface area (TPSA) is 29.5 Å². The fraction of sp³-hybridized carbons (Fsp3) is 1.00. The van der Waals surface area contributed by atoms with Crippen molar-refractivity contribution in [2.24, 2.45) is 17.8 Å². The van der Waals surface area contributed by atoms with Gasteiger partial charge < -0.3 is 9.84 Å². The molecule has 3 fully saturated rings. The van der Waals surface area contributed by atoms with Crippen molar-refractivity contribution in [2.75, 3.05) is 0 Å². The highest BCUT2D eigenvalue weighted by Crippen LogP contribution is 2.59. The van der Waals surface area contributed by atoms with E-state index in [0.717, 1.165) is 5.92 Å². The summed E-state index contributed by atoms with van der Waals surface area (Å²) >= 11 is 0. The lowest BCUT2D eigenvalue weighted by atomic mass is 9.80. The van der Waals surface area contributed by atoms with Crippen molar-refractivity contribution in [2.45, 2.75) is 44.5 Å². The zero-order chi connectivity index (χ0) is 8.51. The largest absolute Gasteiger partial charge is 0.390 e. The lowest BCUT2D eigenvalue weighted by molar-refractivity contribution is -0.0677. The molecule has 0 radical (unpaired) electrons. The average molecular weight is 168 g/mol. The van der Waals surface area contributed by atoms with Crippen LogP contribution in [0.2, 0.25) is 0 Å². The van der Waals surface area contributed by atoms with Crippen molar-refractivity contribution in [3.8, 4) is 0 Å². The minimum Gasteiger partial charge on any atom is -0.390 e. The summed E-state index contributed by atoms with van der Waals surface area (Å²) in [5, 5.41) is 9.81. The Hall–Kier alpha value is -0.0800. The molecule has 3 rings (SSSR count). The lowest BCUT2D eigenvalue weighted by Gasteiger charge is -2.24. The Labute approximate surface area is 72.9 Å². The van der Waals surface area contributed by atoms with E-state index in [0.29, 0.717) is 11.8 Å². The number of ether oxygens (including phenoxy) is 1. The molecular formula is C10H16O2. The van der Waals surface area contributed by atoms with Crippen LogP contribution in [0.5, 0.6) is 0 Å². The monoisotopic (exact) mass is 168 g/mol. The maximum Gasteiger partial charge on any atom is 0.0875 e. The molecule has 0 aromatic rings. The maximum atomic E-state index is 9.81. The number of rotatable bonds is 0. The molecule has 0 spiro atoms. The SMILES string of the molecule is CC1(C)OC2C3CC(CC31)[C@@H]2O. The van der Waals surface area contributed by atoms with Crippen molar-refractivity contribution in [1.29, 1.82) is 0 Å². The van der Waals surface area contributed by atoms with Gasteiger partial charge in [0.05, 0.1) is 17.8 Å². The Morgan fingerprint density at radius 1 is 1.33 bits per heavy atom. The summed E-state index contributed by atoms with van der Waals surface area (Å²) in [6.45, 7) is 4.34. The number of aliphatic hydroxyl groups is 1. The normalized spacial score (nSPS) is 59.8. The standard InChI is InChI=1S/C10H16O2/c1-10(2)7-4-5-3-6(7)9(12-10)8(5)11/h5-9,11H,3-4H2,1-2H3/t5?,6?,7?,8-,9?/m0/s1. The average Bonchev–Trinajstić information content (AvgIpc) is 2.54.